The molecule has 2 fully saturated rings. The lowest BCUT2D eigenvalue weighted by Gasteiger charge is -2.46. The van der Waals surface area contributed by atoms with Crippen LogP contribution in [0.1, 0.15) is 296 Å². The number of aliphatic hydroxyl groups excluding tert-OH is 8. The number of rotatable bonds is 57. The molecule has 492 valence electrons. The molecule has 0 radical (unpaired) electrons. The highest BCUT2D eigenvalue weighted by molar-refractivity contribution is 5.76. The number of carbonyl (C=O) groups excluding carboxylic acids is 1. The van der Waals surface area contributed by atoms with Crippen LogP contribution in [0.2, 0.25) is 0 Å². The fourth-order valence-corrected chi connectivity index (χ4v) is 11.4. The van der Waals surface area contributed by atoms with E-state index in [1.807, 2.05) is 6.08 Å². The summed E-state index contributed by atoms with van der Waals surface area (Å²) in [6, 6.07) is -0.938. The molecule has 0 aliphatic carbocycles. The minimum Gasteiger partial charge on any atom is -0.394 e. The smallest absolute Gasteiger partial charge is 0.220 e. The first kappa shape index (κ1) is 78.0. The molecule has 0 aromatic rings. The van der Waals surface area contributed by atoms with E-state index >= 15 is 0 Å². The monoisotopic (exact) mass is 1190 g/mol. The molecule has 9 N–H and O–H groups in total. The van der Waals surface area contributed by atoms with Crippen molar-refractivity contribution in [3.8, 4) is 0 Å². The third kappa shape index (κ3) is 39.1. The van der Waals surface area contributed by atoms with Crippen molar-refractivity contribution in [3.63, 3.8) is 0 Å². The SMILES string of the molecule is CCCCCC/C=C\C/C=C\CCCCCCCCCC(=O)NC(COC1OC(CO)C(OC2OC(CO)C(O)C(O)C2O)C(O)C1O)C(O)/C=C/CC/C=C/CCCCCCCCCCCCCCCCCCCCCCCCCCCC. The average Bonchev–Trinajstić information content (AvgIpc) is 3.16. The first-order valence-corrected chi connectivity index (χ1v) is 34.9. The van der Waals surface area contributed by atoms with E-state index in [4.69, 9.17) is 18.9 Å². The van der Waals surface area contributed by atoms with Crippen LogP contribution in [0.15, 0.2) is 48.6 Å². The maximum atomic E-state index is 13.3. The van der Waals surface area contributed by atoms with Crippen molar-refractivity contribution in [1.29, 1.82) is 0 Å². The number of amides is 1. The van der Waals surface area contributed by atoms with Crippen LogP contribution in [0.5, 0.6) is 0 Å². The van der Waals surface area contributed by atoms with Crippen molar-refractivity contribution in [2.75, 3.05) is 19.8 Å². The molecule has 1 amide bonds. The minimum absolute atomic E-state index is 0.255. The Morgan fingerprint density at radius 2 is 0.798 bits per heavy atom. The Morgan fingerprint density at radius 1 is 0.429 bits per heavy atom. The number of ether oxygens (including phenoxy) is 4. The van der Waals surface area contributed by atoms with Crippen LogP contribution < -0.4 is 5.32 Å². The van der Waals surface area contributed by atoms with Crippen LogP contribution in [-0.4, -0.2) is 140 Å². The van der Waals surface area contributed by atoms with E-state index in [-0.39, 0.29) is 18.9 Å². The van der Waals surface area contributed by atoms with Gasteiger partial charge in [0.25, 0.3) is 0 Å². The van der Waals surface area contributed by atoms with Crippen LogP contribution in [0.4, 0.5) is 0 Å². The van der Waals surface area contributed by atoms with E-state index in [9.17, 15) is 45.6 Å². The first-order valence-electron chi connectivity index (χ1n) is 34.9. The predicted octanol–water partition coefficient (Wildman–Crippen LogP) is 13.9. The van der Waals surface area contributed by atoms with Gasteiger partial charge in [-0.25, -0.2) is 0 Å². The molecule has 2 saturated heterocycles. The molecule has 0 saturated carbocycles. The van der Waals surface area contributed by atoms with Gasteiger partial charge in [0.2, 0.25) is 5.91 Å². The van der Waals surface area contributed by atoms with Crippen LogP contribution in [0, 0.1) is 0 Å². The van der Waals surface area contributed by atoms with Gasteiger partial charge in [-0.15, -0.1) is 0 Å². The summed E-state index contributed by atoms with van der Waals surface area (Å²) in [5.41, 5.74) is 0. The van der Waals surface area contributed by atoms with Gasteiger partial charge in [0.1, 0.15) is 48.8 Å². The highest BCUT2D eigenvalue weighted by Gasteiger charge is 2.51. The lowest BCUT2D eigenvalue weighted by molar-refractivity contribution is -0.359. The summed E-state index contributed by atoms with van der Waals surface area (Å²) < 4.78 is 22.8. The minimum atomic E-state index is -1.79. The highest BCUT2D eigenvalue weighted by Crippen LogP contribution is 2.30. The van der Waals surface area contributed by atoms with Gasteiger partial charge in [0, 0.05) is 6.42 Å². The summed E-state index contributed by atoms with van der Waals surface area (Å²) >= 11 is 0. The number of unbranched alkanes of at least 4 members (excludes halogenated alkanes) is 38. The largest absolute Gasteiger partial charge is 0.394 e. The van der Waals surface area contributed by atoms with Crippen LogP contribution in [0.25, 0.3) is 0 Å². The molecule has 84 heavy (non-hydrogen) atoms. The highest BCUT2D eigenvalue weighted by atomic mass is 16.7. The number of carbonyl (C=O) groups is 1. The van der Waals surface area contributed by atoms with Gasteiger partial charge in [-0.1, -0.05) is 274 Å². The molecule has 0 aromatic carbocycles. The fourth-order valence-electron chi connectivity index (χ4n) is 11.4. The molecular weight excluding hydrogens is 1060 g/mol. The van der Waals surface area contributed by atoms with Crippen molar-refractivity contribution in [1.82, 2.24) is 5.32 Å². The Balaban J connectivity index is 1.68. The van der Waals surface area contributed by atoms with Gasteiger partial charge in [0.15, 0.2) is 12.6 Å². The number of aliphatic hydroxyl groups is 8. The molecule has 0 aromatic heterocycles. The zero-order valence-electron chi connectivity index (χ0n) is 53.4. The molecular formula is C70H129NO13. The molecule has 12 unspecified atom stereocenters. The molecule has 14 nitrogen and oxygen atoms in total. The first-order chi connectivity index (χ1) is 41.1. The number of nitrogens with one attached hydrogen (secondary N) is 1. The maximum absolute atomic E-state index is 13.3. The van der Waals surface area contributed by atoms with Gasteiger partial charge >= 0.3 is 0 Å². The van der Waals surface area contributed by atoms with Gasteiger partial charge in [0.05, 0.1) is 32.0 Å². The quantitative estimate of drug-likeness (QED) is 0.0204. The fraction of sp³-hybridized carbons (Fsp3) is 0.871. The molecule has 2 aliphatic heterocycles. The summed E-state index contributed by atoms with van der Waals surface area (Å²) in [4.78, 5) is 13.3. The van der Waals surface area contributed by atoms with Gasteiger partial charge in [-0.05, 0) is 64.2 Å². The third-order valence-electron chi connectivity index (χ3n) is 17.0. The van der Waals surface area contributed by atoms with Gasteiger partial charge < -0.3 is 65.1 Å². The summed E-state index contributed by atoms with van der Waals surface area (Å²) in [5.74, 6) is -0.255. The zero-order valence-corrected chi connectivity index (χ0v) is 53.4. The number of hydrogen-bond donors (Lipinski definition) is 9. The van der Waals surface area contributed by atoms with Gasteiger partial charge in [-0.2, -0.15) is 0 Å². The van der Waals surface area contributed by atoms with Gasteiger partial charge in [-0.3, -0.25) is 4.79 Å². The van der Waals surface area contributed by atoms with E-state index < -0.39 is 86.8 Å². The third-order valence-corrected chi connectivity index (χ3v) is 17.0. The Bertz CT molecular complexity index is 1590. The molecule has 2 heterocycles. The normalized spacial score (nSPS) is 23.9. The van der Waals surface area contributed by atoms with E-state index in [0.29, 0.717) is 12.8 Å². The maximum Gasteiger partial charge on any atom is 0.220 e. The standard InChI is InChI=1S/C70H129NO13/c1-3-5-7-9-11-13-15-17-19-21-23-24-25-26-27-28-29-30-31-32-33-34-35-36-37-39-41-43-45-47-49-51-53-59(74)58(71-62(75)54-52-50-48-46-44-42-40-38-22-20-18-16-14-12-10-8-6-4-2)57-81-69-67(80)65(78)68(61(56-73)83-69)84-70-66(79)64(77)63(76)60(55-72)82-70/h14,16,20,22,43,45,51,53,58-61,63-70,72-74,76-80H,3-13,15,17-19,21,23-42,44,46-50,52,54-57H2,1-2H3,(H,71,75)/b16-14-,22-20-,45-43+,53-51+. The summed E-state index contributed by atoms with van der Waals surface area (Å²) in [7, 11) is 0. The van der Waals surface area contributed by atoms with Crippen LogP contribution >= 0.6 is 0 Å². The Labute approximate surface area is 512 Å². The Morgan fingerprint density at radius 3 is 1.25 bits per heavy atom. The zero-order chi connectivity index (χ0) is 60.9. The van der Waals surface area contributed by atoms with Crippen LogP contribution in [0.3, 0.4) is 0 Å². The molecule has 2 rings (SSSR count). The summed E-state index contributed by atoms with van der Waals surface area (Å²) in [6.07, 6.45) is 54.7. The second-order valence-corrected chi connectivity index (χ2v) is 24.6. The number of hydrogen-bond acceptors (Lipinski definition) is 13. The number of allylic oxidation sites excluding steroid dienone is 7. The lowest BCUT2D eigenvalue weighted by Crippen LogP contribution is -2.65. The van der Waals surface area contributed by atoms with Crippen molar-refractivity contribution in [2.45, 2.75) is 370 Å². The molecule has 0 spiro atoms. The Hall–Kier alpha value is -2.05. The summed E-state index contributed by atoms with van der Waals surface area (Å²) in [5, 5.41) is 87.3. The van der Waals surface area contributed by atoms with E-state index in [0.717, 1.165) is 51.4 Å². The average molecular weight is 1190 g/mol. The van der Waals surface area contributed by atoms with Crippen molar-refractivity contribution in [3.05, 3.63) is 48.6 Å². The van der Waals surface area contributed by atoms with E-state index in [1.54, 1.807) is 6.08 Å². The molecule has 12 atom stereocenters. The van der Waals surface area contributed by atoms with E-state index in [1.165, 1.54) is 212 Å². The molecule has 2 aliphatic rings. The molecule has 14 heteroatoms. The van der Waals surface area contributed by atoms with Crippen molar-refractivity contribution in [2.24, 2.45) is 0 Å². The topological polar surface area (TPSA) is 228 Å². The second-order valence-electron chi connectivity index (χ2n) is 24.6. The summed E-state index contributed by atoms with van der Waals surface area (Å²) in [6.45, 7) is 2.79. The molecule has 0 bridgehead atoms. The van der Waals surface area contributed by atoms with Crippen LogP contribution in [-0.2, 0) is 23.7 Å². The predicted molar refractivity (Wildman–Crippen MR) is 341 cm³/mol. The Kier molecular flexibility index (Phi) is 51.1. The van der Waals surface area contributed by atoms with Crippen molar-refractivity contribution >= 4 is 5.91 Å². The van der Waals surface area contributed by atoms with E-state index in [2.05, 4.69) is 55.6 Å². The lowest BCUT2D eigenvalue weighted by atomic mass is 9.97. The van der Waals surface area contributed by atoms with Crippen molar-refractivity contribution < 1.29 is 64.6 Å². The second kappa shape index (κ2) is 55.1.